The molecule has 0 saturated carbocycles. The lowest BCUT2D eigenvalue weighted by molar-refractivity contribution is -0.192. The minimum absolute atomic E-state index is 0.710. The van der Waals surface area contributed by atoms with Gasteiger partial charge in [0, 0.05) is 56.9 Å². The van der Waals surface area contributed by atoms with Gasteiger partial charge in [0.15, 0.2) is 0 Å². The van der Waals surface area contributed by atoms with Crippen LogP contribution in [0.4, 0.5) is 19.1 Å². The lowest BCUT2D eigenvalue weighted by Gasteiger charge is -2.43. The van der Waals surface area contributed by atoms with Crippen molar-refractivity contribution >= 4 is 34.4 Å². The van der Waals surface area contributed by atoms with Crippen LogP contribution in [0, 0.1) is 0 Å². The Morgan fingerprint density at radius 3 is 2.39 bits per heavy atom. The van der Waals surface area contributed by atoms with Crippen LogP contribution in [0.25, 0.3) is 10.9 Å². The summed E-state index contributed by atoms with van der Waals surface area (Å²) in [5.74, 6) is -1.94. The van der Waals surface area contributed by atoms with Gasteiger partial charge in [0.1, 0.15) is 0 Å². The molecule has 2 aliphatic heterocycles. The third kappa shape index (κ3) is 4.81. The predicted octanol–water partition coefficient (Wildman–Crippen LogP) is 2.01. The van der Waals surface area contributed by atoms with Gasteiger partial charge in [-0.15, -0.1) is 0 Å². The number of nitrogens with zero attached hydrogens (tertiary/aromatic N) is 4. The zero-order valence-corrected chi connectivity index (χ0v) is 15.5. The molecule has 2 aliphatic rings. The van der Waals surface area contributed by atoms with E-state index < -0.39 is 12.1 Å². The van der Waals surface area contributed by atoms with Crippen molar-refractivity contribution in [2.45, 2.75) is 12.2 Å². The van der Waals surface area contributed by atoms with Crippen LogP contribution in [-0.4, -0.2) is 77.4 Å². The third-order valence-electron chi connectivity index (χ3n) is 4.68. The van der Waals surface area contributed by atoms with E-state index in [4.69, 9.17) is 21.5 Å². The largest absolute Gasteiger partial charge is 0.490 e. The molecular formula is C17H19ClF3N5O2. The Kier molecular flexibility index (Phi) is 6.21. The SMILES string of the molecule is Clc1cccc2nc(N3CCN(C4CNC4)CC3)ncc12.O=C(O)C(F)(F)F. The summed E-state index contributed by atoms with van der Waals surface area (Å²) in [6, 6.07) is 6.52. The number of carboxylic acids is 1. The molecule has 1 aromatic carbocycles. The van der Waals surface area contributed by atoms with E-state index in [1.165, 1.54) is 0 Å². The number of anilines is 1. The summed E-state index contributed by atoms with van der Waals surface area (Å²) in [6.07, 6.45) is -3.25. The first-order valence-electron chi connectivity index (χ1n) is 8.67. The van der Waals surface area contributed by atoms with E-state index in [1.807, 2.05) is 24.4 Å². The minimum Gasteiger partial charge on any atom is -0.475 e. The molecule has 152 valence electrons. The quantitative estimate of drug-likeness (QED) is 0.773. The van der Waals surface area contributed by atoms with Gasteiger partial charge in [0.05, 0.1) is 10.5 Å². The fraction of sp³-hybridized carbons (Fsp3) is 0.471. The Balaban J connectivity index is 0.000000279. The summed E-state index contributed by atoms with van der Waals surface area (Å²) >= 11 is 6.17. The van der Waals surface area contributed by atoms with E-state index >= 15 is 0 Å². The second-order valence-electron chi connectivity index (χ2n) is 6.48. The van der Waals surface area contributed by atoms with E-state index in [0.29, 0.717) is 5.02 Å². The van der Waals surface area contributed by atoms with Gasteiger partial charge in [-0.3, -0.25) is 4.90 Å². The lowest BCUT2D eigenvalue weighted by atomic mass is 10.1. The molecule has 0 bridgehead atoms. The number of aliphatic carboxylic acids is 1. The fourth-order valence-electron chi connectivity index (χ4n) is 2.98. The number of alkyl halides is 3. The van der Waals surface area contributed by atoms with Crippen molar-refractivity contribution < 1.29 is 23.1 Å². The summed E-state index contributed by atoms with van der Waals surface area (Å²) in [5.41, 5.74) is 0.915. The maximum absolute atomic E-state index is 10.6. The van der Waals surface area contributed by atoms with E-state index in [9.17, 15) is 13.2 Å². The Bertz CT molecular complexity index is 839. The molecule has 0 aliphatic carbocycles. The number of piperazine rings is 1. The minimum atomic E-state index is -5.08. The zero-order chi connectivity index (χ0) is 20.3. The van der Waals surface area contributed by atoms with Crippen molar-refractivity contribution in [2.75, 3.05) is 44.2 Å². The first kappa shape index (κ1) is 20.6. The van der Waals surface area contributed by atoms with Crippen LogP contribution in [0.3, 0.4) is 0 Å². The Labute approximate surface area is 164 Å². The predicted molar refractivity (Wildman–Crippen MR) is 98.7 cm³/mol. The molecule has 28 heavy (non-hydrogen) atoms. The molecule has 0 spiro atoms. The molecule has 3 heterocycles. The van der Waals surface area contributed by atoms with Gasteiger partial charge in [0.2, 0.25) is 5.95 Å². The number of nitrogens with one attached hydrogen (secondary N) is 1. The van der Waals surface area contributed by atoms with Crippen molar-refractivity contribution in [2.24, 2.45) is 0 Å². The van der Waals surface area contributed by atoms with Crippen molar-refractivity contribution in [3.63, 3.8) is 0 Å². The molecule has 2 aromatic rings. The number of carbonyl (C=O) groups is 1. The van der Waals surface area contributed by atoms with Crippen LogP contribution < -0.4 is 10.2 Å². The van der Waals surface area contributed by atoms with E-state index in [-0.39, 0.29) is 0 Å². The summed E-state index contributed by atoms with van der Waals surface area (Å²) in [6.45, 7) is 6.41. The van der Waals surface area contributed by atoms with Crippen molar-refractivity contribution in [1.82, 2.24) is 20.2 Å². The number of benzene rings is 1. The van der Waals surface area contributed by atoms with Gasteiger partial charge in [0.25, 0.3) is 0 Å². The molecule has 0 radical (unpaired) electrons. The molecule has 11 heteroatoms. The fourth-order valence-corrected chi connectivity index (χ4v) is 3.20. The Hall–Kier alpha value is -2.17. The van der Waals surface area contributed by atoms with Crippen LogP contribution in [0.1, 0.15) is 0 Å². The van der Waals surface area contributed by atoms with Gasteiger partial charge in [-0.25, -0.2) is 14.8 Å². The highest BCUT2D eigenvalue weighted by Crippen LogP contribution is 2.23. The van der Waals surface area contributed by atoms with Gasteiger partial charge >= 0.3 is 12.1 Å². The van der Waals surface area contributed by atoms with Crippen LogP contribution in [0.5, 0.6) is 0 Å². The topological polar surface area (TPSA) is 81.6 Å². The summed E-state index contributed by atoms with van der Waals surface area (Å²) in [4.78, 5) is 22.9. The highest BCUT2D eigenvalue weighted by atomic mass is 35.5. The van der Waals surface area contributed by atoms with Crippen LogP contribution in [-0.2, 0) is 4.79 Å². The number of carboxylic acid groups (broad SMARTS) is 1. The highest BCUT2D eigenvalue weighted by Gasteiger charge is 2.38. The van der Waals surface area contributed by atoms with Crippen molar-refractivity contribution in [3.05, 3.63) is 29.4 Å². The van der Waals surface area contributed by atoms with Gasteiger partial charge in [-0.1, -0.05) is 17.7 Å². The molecule has 2 saturated heterocycles. The van der Waals surface area contributed by atoms with E-state index in [1.54, 1.807) is 0 Å². The van der Waals surface area contributed by atoms with E-state index in [0.717, 1.165) is 62.2 Å². The second-order valence-corrected chi connectivity index (χ2v) is 6.89. The van der Waals surface area contributed by atoms with Crippen molar-refractivity contribution in [1.29, 1.82) is 0 Å². The monoisotopic (exact) mass is 417 g/mol. The lowest BCUT2D eigenvalue weighted by Crippen LogP contribution is -2.61. The zero-order valence-electron chi connectivity index (χ0n) is 14.8. The Morgan fingerprint density at radius 2 is 1.86 bits per heavy atom. The molecule has 2 fully saturated rings. The van der Waals surface area contributed by atoms with Crippen LogP contribution in [0.15, 0.2) is 24.4 Å². The number of fused-ring (bicyclic) bond motifs is 1. The molecule has 1 aromatic heterocycles. The van der Waals surface area contributed by atoms with Crippen LogP contribution in [0.2, 0.25) is 5.02 Å². The molecule has 4 rings (SSSR count). The number of rotatable bonds is 2. The summed E-state index contributed by atoms with van der Waals surface area (Å²) in [7, 11) is 0. The number of hydrogen-bond acceptors (Lipinski definition) is 6. The molecular weight excluding hydrogens is 399 g/mol. The summed E-state index contributed by atoms with van der Waals surface area (Å²) < 4.78 is 31.7. The standard InChI is InChI=1S/C15H18ClN5.C2HF3O2/c16-13-2-1-3-14-12(13)10-18-15(19-14)21-6-4-20(5-7-21)11-8-17-9-11;3-2(4,5)1(6)7/h1-3,10-11,17H,4-9H2;(H,6,7). The van der Waals surface area contributed by atoms with E-state index in [2.05, 4.69) is 25.1 Å². The van der Waals surface area contributed by atoms with Crippen molar-refractivity contribution in [3.8, 4) is 0 Å². The first-order chi connectivity index (χ1) is 13.3. The van der Waals surface area contributed by atoms with Gasteiger partial charge < -0.3 is 15.3 Å². The van der Waals surface area contributed by atoms with Crippen LogP contribution >= 0.6 is 11.6 Å². The average Bonchev–Trinajstić information content (AvgIpc) is 2.60. The number of hydrogen-bond donors (Lipinski definition) is 2. The maximum Gasteiger partial charge on any atom is 0.490 e. The molecule has 0 atom stereocenters. The number of halogens is 4. The highest BCUT2D eigenvalue weighted by molar-refractivity contribution is 6.35. The smallest absolute Gasteiger partial charge is 0.475 e. The molecule has 0 unspecified atom stereocenters. The second kappa shape index (κ2) is 8.46. The molecule has 7 nitrogen and oxygen atoms in total. The maximum atomic E-state index is 10.6. The average molecular weight is 418 g/mol. The summed E-state index contributed by atoms with van der Waals surface area (Å²) in [5, 5.41) is 12.1. The normalized spacial score (nSPS) is 18.4. The first-order valence-corrected chi connectivity index (χ1v) is 9.04. The molecule has 2 N–H and O–H groups in total. The Morgan fingerprint density at radius 1 is 1.21 bits per heavy atom. The van der Waals surface area contributed by atoms with Gasteiger partial charge in [-0.2, -0.15) is 13.2 Å². The number of aromatic nitrogens is 2. The van der Waals surface area contributed by atoms with Gasteiger partial charge in [-0.05, 0) is 12.1 Å². The molecule has 0 amide bonds. The third-order valence-corrected chi connectivity index (χ3v) is 5.00.